The van der Waals surface area contributed by atoms with Gasteiger partial charge in [0.1, 0.15) is 0 Å². The highest BCUT2D eigenvalue weighted by Crippen LogP contribution is 2.19. The molecule has 0 aromatic rings. The van der Waals surface area contributed by atoms with E-state index in [1.807, 2.05) is 0 Å². The lowest BCUT2D eigenvalue weighted by atomic mass is 10.0. The van der Waals surface area contributed by atoms with Crippen molar-refractivity contribution in [2.75, 3.05) is 39.2 Å². The highest BCUT2D eigenvalue weighted by molar-refractivity contribution is 7.89. The predicted molar refractivity (Wildman–Crippen MR) is 57.0 cm³/mol. The maximum Gasteiger partial charge on any atom is 0.216 e. The minimum atomic E-state index is -3.26. The molecule has 1 rings (SSSR count). The first-order valence-electron chi connectivity index (χ1n) is 5.17. The van der Waals surface area contributed by atoms with Crippen molar-refractivity contribution in [1.29, 1.82) is 0 Å². The van der Waals surface area contributed by atoms with Gasteiger partial charge in [0.15, 0.2) is 0 Å². The summed E-state index contributed by atoms with van der Waals surface area (Å²) in [5, 5.41) is 8.67. The Morgan fingerprint density at radius 2 is 2.27 bits per heavy atom. The van der Waals surface area contributed by atoms with E-state index in [1.165, 1.54) is 4.31 Å². The summed E-state index contributed by atoms with van der Waals surface area (Å²) in [6.07, 6.45) is 1.89. The standard InChI is InChI=1S/C9H19NO4S/c1-14-8-9-3-2-4-10(7-9)15(12,13)6-5-11/h9,11H,2-8H2,1H3. The topological polar surface area (TPSA) is 66.8 Å². The molecule has 1 heterocycles. The highest BCUT2D eigenvalue weighted by atomic mass is 32.2. The predicted octanol–water partition coefficient (Wildman–Crippen LogP) is -0.333. The van der Waals surface area contributed by atoms with E-state index >= 15 is 0 Å². The number of hydrogen-bond acceptors (Lipinski definition) is 4. The van der Waals surface area contributed by atoms with Crippen LogP contribution in [0.25, 0.3) is 0 Å². The average molecular weight is 237 g/mol. The maximum absolute atomic E-state index is 11.7. The van der Waals surface area contributed by atoms with Gasteiger partial charge in [0, 0.05) is 20.2 Å². The molecule has 1 atom stereocenters. The lowest BCUT2D eigenvalue weighted by molar-refractivity contribution is 0.118. The molecular weight excluding hydrogens is 218 g/mol. The van der Waals surface area contributed by atoms with Crippen LogP contribution in [0.15, 0.2) is 0 Å². The summed E-state index contributed by atoms with van der Waals surface area (Å²) in [6.45, 7) is 1.39. The van der Waals surface area contributed by atoms with Crippen molar-refractivity contribution in [3.05, 3.63) is 0 Å². The third-order valence-electron chi connectivity index (χ3n) is 2.63. The van der Waals surface area contributed by atoms with E-state index in [0.29, 0.717) is 19.7 Å². The summed E-state index contributed by atoms with van der Waals surface area (Å²) in [5.74, 6) is 0.115. The van der Waals surface area contributed by atoms with Crippen LogP contribution in [-0.2, 0) is 14.8 Å². The van der Waals surface area contributed by atoms with Crippen LogP contribution in [0.1, 0.15) is 12.8 Å². The second-order valence-electron chi connectivity index (χ2n) is 3.86. The minimum Gasteiger partial charge on any atom is -0.395 e. The molecule has 1 fully saturated rings. The van der Waals surface area contributed by atoms with Crippen molar-refractivity contribution in [1.82, 2.24) is 4.31 Å². The Kier molecular flexibility index (Phi) is 4.98. The van der Waals surface area contributed by atoms with E-state index in [2.05, 4.69) is 0 Å². The van der Waals surface area contributed by atoms with Gasteiger partial charge in [-0.15, -0.1) is 0 Å². The SMILES string of the molecule is COCC1CCCN(S(=O)(=O)CCO)C1. The van der Waals surface area contributed by atoms with Crippen molar-refractivity contribution >= 4 is 10.0 Å². The molecule has 15 heavy (non-hydrogen) atoms. The van der Waals surface area contributed by atoms with E-state index in [4.69, 9.17) is 9.84 Å². The van der Waals surface area contributed by atoms with Crippen molar-refractivity contribution in [3.8, 4) is 0 Å². The third-order valence-corrected chi connectivity index (χ3v) is 4.44. The molecule has 0 spiro atoms. The fraction of sp³-hybridized carbons (Fsp3) is 1.00. The fourth-order valence-corrected chi connectivity index (χ4v) is 3.23. The Bertz CT molecular complexity index is 276. The summed E-state index contributed by atoms with van der Waals surface area (Å²) in [5.41, 5.74) is 0. The van der Waals surface area contributed by atoms with Crippen LogP contribution < -0.4 is 0 Å². The van der Waals surface area contributed by atoms with Crippen molar-refractivity contribution in [2.24, 2.45) is 5.92 Å². The molecule has 0 radical (unpaired) electrons. The van der Waals surface area contributed by atoms with E-state index in [9.17, 15) is 8.42 Å². The lowest BCUT2D eigenvalue weighted by Crippen LogP contribution is -2.42. The molecule has 1 N–H and O–H groups in total. The van der Waals surface area contributed by atoms with Gasteiger partial charge >= 0.3 is 0 Å². The largest absolute Gasteiger partial charge is 0.395 e. The zero-order valence-corrected chi connectivity index (χ0v) is 9.87. The van der Waals surface area contributed by atoms with Gasteiger partial charge in [-0.1, -0.05) is 0 Å². The second kappa shape index (κ2) is 5.79. The number of rotatable bonds is 5. The first-order valence-corrected chi connectivity index (χ1v) is 6.78. The number of ether oxygens (including phenoxy) is 1. The summed E-state index contributed by atoms with van der Waals surface area (Å²) >= 11 is 0. The van der Waals surface area contributed by atoms with Gasteiger partial charge < -0.3 is 9.84 Å². The molecule has 0 aromatic heterocycles. The molecule has 1 saturated heterocycles. The second-order valence-corrected chi connectivity index (χ2v) is 5.95. The Balaban J connectivity index is 2.55. The molecule has 0 bridgehead atoms. The smallest absolute Gasteiger partial charge is 0.216 e. The van der Waals surface area contributed by atoms with Gasteiger partial charge in [0.05, 0.1) is 19.0 Å². The third kappa shape index (κ3) is 3.71. The Labute approximate surface area is 91.1 Å². The minimum absolute atomic E-state index is 0.174. The fourth-order valence-electron chi connectivity index (χ4n) is 1.90. The summed E-state index contributed by atoms with van der Waals surface area (Å²) < 4.78 is 29.8. The first kappa shape index (κ1) is 12.9. The number of piperidine rings is 1. The normalized spacial score (nSPS) is 24.3. The molecule has 6 heteroatoms. The van der Waals surface area contributed by atoms with Crippen LogP contribution in [0.5, 0.6) is 0 Å². The number of nitrogens with zero attached hydrogens (tertiary/aromatic N) is 1. The number of hydrogen-bond donors (Lipinski definition) is 1. The number of aliphatic hydroxyl groups excluding tert-OH is 1. The highest BCUT2D eigenvalue weighted by Gasteiger charge is 2.28. The first-order chi connectivity index (χ1) is 7.10. The van der Waals surface area contributed by atoms with Crippen LogP contribution in [0.2, 0.25) is 0 Å². The molecular formula is C9H19NO4S. The monoisotopic (exact) mass is 237 g/mol. The average Bonchev–Trinajstić information content (AvgIpc) is 2.19. The zero-order chi connectivity index (χ0) is 11.3. The Morgan fingerprint density at radius 3 is 2.87 bits per heavy atom. The van der Waals surface area contributed by atoms with Gasteiger partial charge in [-0.05, 0) is 18.8 Å². The molecule has 90 valence electrons. The molecule has 0 aliphatic carbocycles. The number of aliphatic hydroxyl groups is 1. The zero-order valence-electron chi connectivity index (χ0n) is 9.05. The van der Waals surface area contributed by atoms with Crippen LogP contribution in [-0.4, -0.2) is 57.0 Å². The van der Waals surface area contributed by atoms with E-state index in [0.717, 1.165) is 12.8 Å². The summed E-state index contributed by atoms with van der Waals surface area (Å²) in [4.78, 5) is 0. The molecule has 5 nitrogen and oxygen atoms in total. The molecule has 1 aliphatic heterocycles. The van der Waals surface area contributed by atoms with E-state index in [-0.39, 0.29) is 18.3 Å². The molecule has 1 unspecified atom stereocenters. The van der Waals surface area contributed by atoms with Gasteiger partial charge in [-0.2, -0.15) is 0 Å². The van der Waals surface area contributed by atoms with Crippen LogP contribution >= 0.6 is 0 Å². The van der Waals surface area contributed by atoms with E-state index < -0.39 is 10.0 Å². The van der Waals surface area contributed by atoms with Crippen molar-refractivity contribution < 1.29 is 18.3 Å². The molecule has 0 aromatic carbocycles. The number of sulfonamides is 1. The Morgan fingerprint density at radius 1 is 1.53 bits per heavy atom. The quantitative estimate of drug-likeness (QED) is 0.711. The Hall–Kier alpha value is -0.170. The summed E-state index contributed by atoms with van der Waals surface area (Å²) in [6, 6.07) is 0. The molecule has 0 amide bonds. The van der Waals surface area contributed by atoms with Crippen LogP contribution in [0, 0.1) is 5.92 Å². The lowest BCUT2D eigenvalue weighted by Gasteiger charge is -2.31. The van der Waals surface area contributed by atoms with Gasteiger partial charge in [-0.25, -0.2) is 12.7 Å². The van der Waals surface area contributed by atoms with Gasteiger partial charge in [-0.3, -0.25) is 0 Å². The number of methoxy groups -OCH3 is 1. The van der Waals surface area contributed by atoms with E-state index in [1.54, 1.807) is 7.11 Å². The van der Waals surface area contributed by atoms with Crippen molar-refractivity contribution in [2.45, 2.75) is 12.8 Å². The van der Waals surface area contributed by atoms with Gasteiger partial charge in [0.25, 0.3) is 0 Å². The summed E-state index contributed by atoms with van der Waals surface area (Å²) in [7, 11) is -1.63. The van der Waals surface area contributed by atoms with Crippen LogP contribution in [0.3, 0.4) is 0 Å². The maximum atomic E-state index is 11.7. The molecule has 0 saturated carbocycles. The van der Waals surface area contributed by atoms with Gasteiger partial charge in [0.2, 0.25) is 10.0 Å². The van der Waals surface area contributed by atoms with Crippen molar-refractivity contribution in [3.63, 3.8) is 0 Å². The van der Waals surface area contributed by atoms with Crippen LogP contribution in [0.4, 0.5) is 0 Å². The molecule has 1 aliphatic rings.